The normalized spacial score (nSPS) is 16.7. The molecule has 0 bridgehead atoms. The Labute approximate surface area is 317 Å². The lowest BCUT2D eigenvalue weighted by atomic mass is 9.87. The number of imide groups is 1. The van der Waals surface area contributed by atoms with Crippen molar-refractivity contribution in [3.63, 3.8) is 0 Å². The number of alkyl halides is 22. The van der Waals surface area contributed by atoms with Crippen molar-refractivity contribution in [2.45, 2.75) is 74.0 Å². The monoisotopic (exact) mass is 1010 g/mol. The molecule has 0 aliphatic carbocycles. The van der Waals surface area contributed by atoms with Crippen LogP contribution in [-0.4, -0.2) is 65.5 Å². The van der Waals surface area contributed by atoms with Gasteiger partial charge >= 0.3 is 61.1 Å². The molecule has 0 saturated carbocycles. The molecular formula is C26H15Br2F22N3O4. The standard InChI is InChI=1S/C11H5BrF11NO.C11H6F11NO.C4H4BrNO2/c12-4-1-3(2-5(6(4)24)25-7(13)14)8(15,10(18,19)20)9(16,17)11(21,22)23;12-7(13)24-6-3-4(1-2-5(6)23)8(14,10(17,18)19)9(15,16)11(20,21)22;5-6-3(7)1-2-4(6)8/h1-2,7H,24H2;1-3,7H,23H2;1-2H2. The van der Waals surface area contributed by atoms with Crippen LogP contribution in [0.5, 0.6) is 11.5 Å². The van der Waals surface area contributed by atoms with Crippen molar-refractivity contribution < 1.29 is 116 Å². The van der Waals surface area contributed by atoms with E-state index in [1.807, 2.05) is 0 Å². The largest absolute Gasteiger partial charge is 0.457 e. The van der Waals surface area contributed by atoms with E-state index in [4.69, 9.17) is 11.5 Å². The summed E-state index contributed by atoms with van der Waals surface area (Å²) in [5.41, 5.74) is -8.76. The van der Waals surface area contributed by atoms with Crippen LogP contribution in [0.1, 0.15) is 24.0 Å². The Morgan fingerprint density at radius 2 is 0.912 bits per heavy atom. The maximum absolute atomic E-state index is 14.2. The van der Waals surface area contributed by atoms with E-state index >= 15 is 0 Å². The molecule has 2 aromatic rings. The lowest BCUT2D eigenvalue weighted by molar-refractivity contribution is -0.389. The summed E-state index contributed by atoms with van der Waals surface area (Å²) >= 11 is 5.16. The van der Waals surface area contributed by atoms with Gasteiger partial charge in [0, 0.05) is 28.4 Å². The Bertz CT molecular complexity index is 1740. The first-order chi connectivity index (χ1) is 25.2. The van der Waals surface area contributed by atoms with Gasteiger partial charge in [-0.1, -0.05) is 6.07 Å². The Balaban J connectivity index is 0.000000476. The van der Waals surface area contributed by atoms with Gasteiger partial charge in [-0.3, -0.25) is 9.59 Å². The molecule has 2 unspecified atom stereocenters. The molecule has 326 valence electrons. The Hall–Kier alpha value is -3.80. The number of nitrogens with zero attached hydrogens (tertiary/aromatic N) is 1. The van der Waals surface area contributed by atoms with Gasteiger partial charge in [0.25, 0.3) is 0 Å². The number of carbonyl (C=O) groups is 2. The van der Waals surface area contributed by atoms with Crippen LogP contribution in [0.15, 0.2) is 34.8 Å². The van der Waals surface area contributed by atoms with Gasteiger partial charge in [0.15, 0.2) is 5.75 Å². The van der Waals surface area contributed by atoms with E-state index in [-0.39, 0.29) is 30.0 Å². The first-order valence-electron chi connectivity index (χ1n) is 13.5. The van der Waals surface area contributed by atoms with Crippen LogP contribution >= 0.6 is 32.1 Å². The topological polar surface area (TPSA) is 108 Å². The zero-order chi connectivity index (χ0) is 45.3. The highest BCUT2D eigenvalue weighted by atomic mass is 79.9. The van der Waals surface area contributed by atoms with Gasteiger partial charge in [-0.25, -0.2) is 12.7 Å². The summed E-state index contributed by atoms with van der Waals surface area (Å²) in [5.74, 6) is -17.0. The van der Waals surface area contributed by atoms with Crippen molar-refractivity contribution in [2.75, 3.05) is 11.5 Å². The quantitative estimate of drug-likeness (QED) is 0.118. The molecule has 1 aliphatic heterocycles. The summed E-state index contributed by atoms with van der Waals surface area (Å²) in [4.78, 5) is 20.9. The molecule has 0 spiro atoms. The van der Waals surface area contributed by atoms with Crippen LogP contribution in [0, 0.1) is 0 Å². The third-order valence-corrected chi connectivity index (χ3v) is 8.13. The summed E-state index contributed by atoms with van der Waals surface area (Å²) < 4.78 is 288. The first-order valence-corrected chi connectivity index (χ1v) is 15.0. The van der Waals surface area contributed by atoms with Crippen molar-refractivity contribution in [1.29, 1.82) is 0 Å². The first kappa shape index (κ1) is 51.2. The fourth-order valence-corrected chi connectivity index (χ4v) is 4.71. The molecule has 4 N–H and O–H groups in total. The Kier molecular flexibility index (Phi) is 15.5. The zero-order valence-corrected chi connectivity index (χ0v) is 29.4. The summed E-state index contributed by atoms with van der Waals surface area (Å²) in [6, 6.07) is -0.852. The number of benzene rings is 2. The SMILES string of the molecule is Nc1c(Br)cc(C(F)(C(F)(F)F)C(F)(F)C(F)(F)F)cc1OC(F)F.Nc1ccc(C(F)(C(F)(F)F)C(F)(F)C(F)(F)F)cc1OC(F)F.O=C1CCC(=O)N1Br. The van der Waals surface area contributed by atoms with Crippen molar-refractivity contribution in [3.8, 4) is 11.5 Å². The molecule has 31 heteroatoms. The van der Waals surface area contributed by atoms with Gasteiger partial charge in [0.2, 0.25) is 11.8 Å². The zero-order valence-electron chi connectivity index (χ0n) is 26.3. The lowest BCUT2D eigenvalue weighted by Crippen LogP contribution is -2.59. The maximum atomic E-state index is 14.2. The molecule has 2 atom stereocenters. The summed E-state index contributed by atoms with van der Waals surface area (Å²) in [5, 5.41) is 0. The molecule has 0 aromatic heterocycles. The van der Waals surface area contributed by atoms with Crippen molar-refractivity contribution in [3.05, 3.63) is 45.9 Å². The van der Waals surface area contributed by atoms with Crippen LogP contribution in [0.3, 0.4) is 0 Å². The number of ether oxygens (including phenoxy) is 2. The van der Waals surface area contributed by atoms with Gasteiger partial charge < -0.3 is 20.9 Å². The molecule has 2 amide bonds. The number of nitrogen functional groups attached to an aromatic ring is 2. The fraction of sp³-hybridized carbons (Fsp3) is 0.462. The van der Waals surface area contributed by atoms with E-state index in [9.17, 15) is 106 Å². The van der Waals surface area contributed by atoms with Gasteiger partial charge in [-0.15, -0.1) is 0 Å². The number of halogens is 24. The van der Waals surface area contributed by atoms with E-state index in [1.54, 1.807) is 0 Å². The van der Waals surface area contributed by atoms with E-state index < -0.39 is 112 Å². The third-order valence-electron chi connectivity index (χ3n) is 6.68. The number of hydrogen-bond donors (Lipinski definition) is 2. The number of hydrogen-bond acceptors (Lipinski definition) is 6. The molecule has 7 nitrogen and oxygen atoms in total. The van der Waals surface area contributed by atoms with Crippen LogP contribution < -0.4 is 20.9 Å². The lowest BCUT2D eigenvalue weighted by Gasteiger charge is -2.36. The summed E-state index contributed by atoms with van der Waals surface area (Å²) in [6.45, 7) is -7.43. The Morgan fingerprint density at radius 3 is 1.23 bits per heavy atom. The molecule has 0 radical (unpaired) electrons. The molecule has 3 rings (SSSR count). The highest BCUT2D eigenvalue weighted by Crippen LogP contribution is 2.60. The average Bonchev–Trinajstić information content (AvgIpc) is 3.31. The smallest absolute Gasteiger partial charge is 0.433 e. The van der Waals surface area contributed by atoms with Crippen LogP contribution in [-0.2, 0) is 20.9 Å². The predicted molar refractivity (Wildman–Crippen MR) is 152 cm³/mol. The number of rotatable bonds is 8. The van der Waals surface area contributed by atoms with Gasteiger partial charge in [-0.2, -0.15) is 87.8 Å². The predicted octanol–water partition coefficient (Wildman–Crippen LogP) is 10.8. The Morgan fingerprint density at radius 1 is 0.561 bits per heavy atom. The van der Waals surface area contributed by atoms with E-state index in [0.717, 1.165) is 3.93 Å². The molecule has 2 aromatic carbocycles. The number of anilines is 2. The van der Waals surface area contributed by atoms with Gasteiger partial charge in [0.05, 0.1) is 27.5 Å². The number of nitrogens with two attached hydrogens (primary N) is 2. The van der Waals surface area contributed by atoms with Gasteiger partial charge in [0.1, 0.15) is 5.75 Å². The molecule has 57 heavy (non-hydrogen) atoms. The van der Waals surface area contributed by atoms with E-state index in [0.29, 0.717) is 12.8 Å². The van der Waals surface area contributed by atoms with Crippen molar-refractivity contribution >= 4 is 55.3 Å². The van der Waals surface area contributed by atoms with Crippen LogP contribution in [0.25, 0.3) is 0 Å². The van der Waals surface area contributed by atoms with E-state index in [2.05, 4.69) is 41.6 Å². The molecule has 1 saturated heterocycles. The highest BCUT2D eigenvalue weighted by Gasteiger charge is 2.83. The van der Waals surface area contributed by atoms with Gasteiger partial charge in [-0.05, 0) is 40.2 Å². The van der Waals surface area contributed by atoms with Crippen molar-refractivity contribution in [1.82, 2.24) is 3.93 Å². The molecule has 1 fully saturated rings. The number of carbonyl (C=O) groups excluding carboxylic acids is 2. The van der Waals surface area contributed by atoms with Crippen LogP contribution in [0.2, 0.25) is 0 Å². The average molecular weight is 1010 g/mol. The minimum Gasteiger partial charge on any atom is -0.433 e. The molecule has 1 heterocycles. The second kappa shape index (κ2) is 17.2. The summed E-state index contributed by atoms with van der Waals surface area (Å²) in [7, 11) is 0. The van der Waals surface area contributed by atoms with Crippen LogP contribution in [0.4, 0.5) is 108 Å². The summed E-state index contributed by atoms with van der Waals surface area (Å²) in [6.07, 6.45) is -26.7. The second-order valence-corrected chi connectivity index (χ2v) is 12.0. The second-order valence-electron chi connectivity index (χ2n) is 10.4. The third kappa shape index (κ3) is 10.4. The van der Waals surface area contributed by atoms with Crippen molar-refractivity contribution in [2.24, 2.45) is 0 Å². The number of amides is 2. The molecule has 1 aliphatic rings. The minimum atomic E-state index is -6.95. The highest BCUT2D eigenvalue weighted by molar-refractivity contribution is 9.10. The fourth-order valence-electron chi connectivity index (χ4n) is 3.92. The minimum absolute atomic E-state index is 0.138. The maximum Gasteiger partial charge on any atom is 0.457 e. The molecular weight excluding hydrogens is 996 g/mol. The van der Waals surface area contributed by atoms with E-state index in [1.165, 1.54) is 0 Å².